The average molecular weight is 267 g/mol. The largest absolute Gasteiger partial charge is 0.369 e. The van der Waals surface area contributed by atoms with Gasteiger partial charge in [0, 0.05) is 36.9 Å². The minimum Gasteiger partial charge on any atom is -0.369 e. The molecule has 0 radical (unpaired) electrons. The number of likely N-dealkylation sites (N-methyl/N-ethyl adjacent to an activating group) is 1. The zero-order valence-corrected chi connectivity index (χ0v) is 12.4. The predicted octanol–water partition coefficient (Wildman–Crippen LogP) is 3.61. The van der Waals surface area contributed by atoms with Crippen molar-refractivity contribution in [1.82, 2.24) is 4.90 Å². The van der Waals surface area contributed by atoms with Gasteiger partial charge in [0.25, 0.3) is 0 Å². The van der Waals surface area contributed by atoms with Gasteiger partial charge in [0.2, 0.25) is 0 Å². The predicted molar refractivity (Wildman–Crippen MR) is 79.9 cm³/mol. The molecule has 2 nitrogen and oxygen atoms in total. The van der Waals surface area contributed by atoms with Crippen LogP contribution in [0.5, 0.6) is 0 Å². The van der Waals surface area contributed by atoms with Gasteiger partial charge in [-0.15, -0.1) is 0 Å². The van der Waals surface area contributed by atoms with E-state index in [1.807, 2.05) is 0 Å². The molecular formula is C15H23ClN2. The van der Waals surface area contributed by atoms with Crippen molar-refractivity contribution in [2.24, 2.45) is 0 Å². The van der Waals surface area contributed by atoms with Crippen molar-refractivity contribution >= 4 is 17.3 Å². The summed E-state index contributed by atoms with van der Waals surface area (Å²) in [6.45, 7) is 12.3. The summed E-state index contributed by atoms with van der Waals surface area (Å²) in [5.41, 5.74) is 2.51. The molecule has 1 saturated heterocycles. The Hall–Kier alpha value is -0.730. The van der Waals surface area contributed by atoms with E-state index in [0.29, 0.717) is 5.92 Å². The molecule has 1 aliphatic rings. The van der Waals surface area contributed by atoms with Crippen LogP contribution in [0.25, 0.3) is 0 Å². The number of anilines is 1. The number of hydrogen-bond donors (Lipinski definition) is 0. The monoisotopic (exact) mass is 266 g/mol. The minimum absolute atomic E-state index is 0.489. The number of hydrogen-bond acceptors (Lipinski definition) is 2. The third-order valence-electron chi connectivity index (χ3n) is 3.79. The molecule has 0 atom stereocenters. The zero-order chi connectivity index (χ0) is 13.1. The van der Waals surface area contributed by atoms with Crippen LogP contribution in [-0.2, 0) is 0 Å². The Bertz CT molecular complexity index is 395. The second-order valence-electron chi connectivity index (χ2n) is 5.28. The summed E-state index contributed by atoms with van der Waals surface area (Å²) in [6.07, 6.45) is 0. The third kappa shape index (κ3) is 2.99. The lowest BCUT2D eigenvalue weighted by Gasteiger charge is -2.35. The molecule has 0 spiro atoms. The van der Waals surface area contributed by atoms with E-state index < -0.39 is 0 Å². The summed E-state index contributed by atoms with van der Waals surface area (Å²) in [4.78, 5) is 4.92. The lowest BCUT2D eigenvalue weighted by atomic mass is 10.0. The van der Waals surface area contributed by atoms with E-state index in [-0.39, 0.29) is 0 Å². The summed E-state index contributed by atoms with van der Waals surface area (Å²) in [5.74, 6) is 0.489. The number of nitrogens with zero attached hydrogens (tertiary/aromatic N) is 2. The second-order valence-corrected chi connectivity index (χ2v) is 5.69. The van der Waals surface area contributed by atoms with E-state index in [1.54, 1.807) is 0 Å². The van der Waals surface area contributed by atoms with Crippen molar-refractivity contribution in [1.29, 1.82) is 0 Å². The van der Waals surface area contributed by atoms with Gasteiger partial charge in [-0.25, -0.2) is 0 Å². The molecule has 0 aromatic heterocycles. The molecule has 3 heteroatoms. The molecule has 18 heavy (non-hydrogen) atoms. The quantitative estimate of drug-likeness (QED) is 0.825. The van der Waals surface area contributed by atoms with Crippen molar-refractivity contribution in [2.75, 3.05) is 37.6 Å². The smallest absolute Gasteiger partial charge is 0.0461 e. The third-order valence-corrected chi connectivity index (χ3v) is 4.12. The first kappa shape index (κ1) is 13.7. The molecule has 1 aromatic carbocycles. The van der Waals surface area contributed by atoms with E-state index in [0.717, 1.165) is 37.7 Å². The van der Waals surface area contributed by atoms with Gasteiger partial charge < -0.3 is 9.80 Å². The molecule has 0 aliphatic carbocycles. The fourth-order valence-corrected chi connectivity index (χ4v) is 2.90. The highest BCUT2D eigenvalue weighted by Crippen LogP contribution is 2.29. The molecule has 0 amide bonds. The molecule has 1 aliphatic heterocycles. The maximum absolute atomic E-state index is 6.36. The van der Waals surface area contributed by atoms with Crippen LogP contribution in [0.15, 0.2) is 18.2 Å². The molecule has 100 valence electrons. The number of rotatable bonds is 3. The van der Waals surface area contributed by atoms with Crippen LogP contribution < -0.4 is 4.90 Å². The van der Waals surface area contributed by atoms with Crippen LogP contribution in [0.3, 0.4) is 0 Å². The first-order chi connectivity index (χ1) is 8.61. The fraction of sp³-hybridized carbons (Fsp3) is 0.600. The maximum Gasteiger partial charge on any atom is 0.0461 e. The van der Waals surface area contributed by atoms with Crippen molar-refractivity contribution in [2.45, 2.75) is 26.7 Å². The zero-order valence-electron chi connectivity index (χ0n) is 11.6. The summed E-state index contributed by atoms with van der Waals surface area (Å²) in [5, 5.41) is 0.903. The van der Waals surface area contributed by atoms with Crippen LogP contribution in [-0.4, -0.2) is 37.6 Å². The first-order valence-corrected chi connectivity index (χ1v) is 7.26. The standard InChI is InChI=1S/C15H23ClN2/c1-4-17-7-9-18(10-8-17)13-5-6-14(12(2)3)15(16)11-13/h5-6,11-12H,4,7-10H2,1-3H3. The maximum atomic E-state index is 6.36. The SMILES string of the molecule is CCN1CCN(c2ccc(C(C)C)c(Cl)c2)CC1. The van der Waals surface area contributed by atoms with Gasteiger partial charge >= 0.3 is 0 Å². The molecule has 1 fully saturated rings. The molecule has 0 saturated carbocycles. The van der Waals surface area contributed by atoms with Crippen LogP contribution in [0.1, 0.15) is 32.3 Å². The van der Waals surface area contributed by atoms with Crippen molar-refractivity contribution in [3.05, 3.63) is 28.8 Å². The van der Waals surface area contributed by atoms with Gasteiger partial charge in [-0.3, -0.25) is 0 Å². The molecule has 0 unspecified atom stereocenters. The van der Waals surface area contributed by atoms with Gasteiger partial charge in [-0.1, -0.05) is 38.4 Å². The molecule has 1 aromatic rings. The lowest BCUT2D eigenvalue weighted by Crippen LogP contribution is -2.46. The molecule has 1 heterocycles. The van der Waals surface area contributed by atoms with Crippen LogP contribution in [0, 0.1) is 0 Å². The van der Waals surface area contributed by atoms with Crippen molar-refractivity contribution in [3.8, 4) is 0 Å². The summed E-state index contributed by atoms with van der Waals surface area (Å²) >= 11 is 6.36. The van der Waals surface area contributed by atoms with Gasteiger partial charge in [0.05, 0.1) is 0 Å². The fourth-order valence-electron chi connectivity index (χ4n) is 2.50. The highest BCUT2D eigenvalue weighted by molar-refractivity contribution is 6.31. The molecule has 0 N–H and O–H groups in total. The lowest BCUT2D eigenvalue weighted by molar-refractivity contribution is 0.271. The summed E-state index contributed by atoms with van der Waals surface area (Å²) < 4.78 is 0. The van der Waals surface area contributed by atoms with Crippen LogP contribution in [0.4, 0.5) is 5.69 Å². The minimum atomic E-state index is 0.489. The Kier molecular flexibility index (Phi) is 4.52. The van der Waals surface area contributed by atoms with Gasteiger partial charge in [0.15, 0.2) is 0 Å². The van der Waals surface area contributed by atoms with E-state index in [1.165, 1.54) is 11.3 Å². The highest BCUT2D eigenvalue weighted by atomic mass is 35.5. The van der Waals surface area contributed by atoms with Gasteiger partial charge in [0.1, 0.15) is 0 Å². The first-order valence-electron chi connectivity index (χ1n) is 6.88. The molecular weight excluding hydrogens is 244 g/mol. The molecule has 0 bridgehead atoms. The van der Waals surface area contributed by atoms with Gasteiger partial charge in [-0.05, 0) is 30.2 Å². The van der Waals surface area contributed by atoms with Gasteiger partial charge in [-0.2, -0.15) is 0 Å². The number of piperazine rings is 1. The van der Waals surface area contributed by atoms with E-state index in [4.69, 9.17) is 11.6 Å². The normalized spacial score (nSPS) is 17.5. The Morgan fingerprint density at radius 2 is 1.83 bits per heavy atom. The Morgan fingerprint density at radius 1 is 1.17 bits per heavy atom. The Morgan fingerprint density at radius 3 is 2.33 bits per heavy atom. The topological polar surface area (TPSA) is 6.48 Å². The van der Waals surface area contributed by atoms with E-state index in [2.05, 4.69) is 48.8 Å². The second kappa shape index (κ2) is 5.94. The summed E-state index contributed by atoms with van der Waals surface area (Å²) in [6, 6.07) is 6.51. The van der Waals surface area contributed by atoms with Crippen molar-refractivity contribution in [3.63, 3.8) is 0 Å². The Balaban J connectivity index is 2.08. The molecule has 2 rings (SSSR count). The Labute approximate surface area is 116 Å². The van der Waals surface area contributed by atoms with E-state index in [9.17, 15) is 0 Å². The van der Waals surface area contributed by atoms with Crippen LogP contribution in [0.2, 0.25) is 5.02 Å². The number of benzene rings is 1. The summed E-state index contributed by atoms with van der Waals surface area (Å²) in [7, 11) is 0. The van der Waals surface area contributed by atoms with E-state index >= 15 is 0 Å². The van der Waals surface area contributed by atoms with Crippen molar-refractivity contribution < 1.29 is 0 Å². The van der Waals surface area contributed by atoms with Crippen LogP contribution >= 0.6 is 11.6 Å². The average Bonchev–Trinajstić information content (AvgIpc) is 2.38. The number of halogens is 1. The highest BCUT2D eigenvalue weighted by Gasteiger charge is 2.16.